The van der Waals surface area contributed by atoms with E-state index in [4.69, 9.17) is 20.7 Å². The van der Waals surface area contributed by atoms with E-state index in [1.54, 1.807) is 0 Å². The number of amidine groups is 2. The van der Waals surface area contributed by atoms with Crippen molar-refractivity contribution >= 4 is 28.4 Å². The van der Waals surface area contributed by atoms with Crippen molar-refractivity contribution in [2.75, 3.05) is 0 Å². The molecule has 0 saturated heterocycles. The lowest BCUT2D eigenvalue weighted by Gasteiger charge is -2.25. The third-order valence-electron chi connectivity index (χ3n) is 4.44. The molecule has 0 amide bonds. The summed E-state index contributed by atoms with van der Waals surface area (Å²) in [6.45, 7) is 7.78. The molecule has 0 aliphatic carbocycles. The molecule has 24 heavy (non-hydrogen) atoms. The number of carbonyl (C=O) groups is 1. The predicted octanol–water partition coefficient (Wildman–Crippen LogP) is 3.87. The Labute approximate surface area is 141 Å². The van der Waals surface area contributed by atoms with Crippen LogP contribution < -0.4 is 5.32 Å². The number of hydrogen-bond donors (Lipinski definition) is 4. The summed E-state index contributed by atoms with van der Waals surface area (Å²) in [7, 11) is 0. The van der Waals surface area contributed by atoms with Crippen molar-refractivity contribution in [2.24, 2.45) is 0 Å². The highest BCUT2D eigenvalue weighted by Gasteiger charge is 2.26. The van der Waals surface area contributed by atoms with Crippen LogP contribution in [-0.4, -0.2) is 22.7 Å². The van der Waals surface area contributed by atoms with Gasteiger partial charge in [0, 0.05) is 18.1 Å². The fourth-order valence-corrected chi connectivity index (χ4v) is 2.87. The first-order valence-electron chi connectivity index (χ1n) is 7.89. The van der Waals surface area contributed by atoms with Gasteiger partial charge < -0.3 is 10.4 Å². The molecule has 1 aliphatic heterocycles. The molecule has 0 saturated carbocycles. The first-order valence-corrected chi connectivity index (χ1v) is 7.89. The number of carboxylic acid groups (broad SMARTS) is 1. The zero-order valence-electron chi connectivity index (χ0n) is 14.4. The van der Waals surface area contributed by atoms with Gasteiger partial charge in [0.05, 0.1) is 0 Å². The third-order valence-corrected chi connectivity index (χ3v) is 4.44. The van der Waals surface area contributed by atoms with Crippen molar-refractivity contribution in [2.45, 2.75) is 39.5 Å². The number of hydrogen-bond acceptors (Lipinski definition) is 3. The van der Waals surface area contributed by atoms with E-state index in [2.05, 4.69) is 50.4 Å². The average molecular weight is 325 g/mol. The SMILES string of the molecule is CC(=O)O.CCC(C)(C)c1cccc2c3c(ccc12)C(=N)NC3=N. The molecule has 2 aromatic carbocycles. The van der Waals surface area contributed by atoms with Gasteiger partial charge in [-0.25, -0.2) is 0 Å². The van der Waals surface area contributed by atoms with E-state index in [1.165, 1.54) is 10.9 Å². The fraction of sp³-hybridized carbons (Fsp3) is 0.316. The number of nitrogens with one attached hydrogen (secondary N) is 3. The highest BCUT2D eigenvalue weighted by molar-refractivity contribution is 6.28. The van der Waals surface area contributed by atoms with E-state index in [-0.39, 0.29) is 5.41 Å². The first-order chi connectivity index (χ1) is 11.2. The molecule has 2 aromatic rings. The topological polar surface area (TPSA) is 97.0 Å². The van der Waals surface area contributed by atoms with Crippen molar-refractivity contribution in [3.63, 3.8) is 0 Å². The second kappa shape index (κ2) is 6.43. The van der Waals surface area contributed by atoms with Crippen LogP contribution in [0.2, 0.25) is 0 Å². The molecule has 0 aromatic heterocycles. The highest BCUT2D eigenvalue weighted by atomic mass is 16.4. The van der Waals surface area contributed by atoms with Gasteiger partial charge in [-0.1, -0.05) is 45.0 Å². The van der Waals surface area contributed by atoms with Crippen LogP contribution in [0.1, 0.15) is 50.8 Å². The van der Waals surface area contributed by atoms with Crippen LogP contribution in [0.3, 0.4) is 0 Å². The van der Waals surface area contributed by atoms with Crippen LogP contribution >= 0.6 is 0 Å². The zero-order valence-corrected chi connectivity index (χ0v) is 14.4. The quantitative estimate of drug-likeness (QED) is 0.674. The maximum atomic E-state index is 9.00. The summed E-state index contributed by atoms with van der Waals surface area (Å²) in [5.41, 5.74) is 3.11. The van der Waals surface area contributed by atoms with Gasteiger partial charge in [-0.3, -0.25) is 15.6 Å². The monoisotopic (exact) mass is 325 g/mol. The van der Waals surface area contributed by atoms with E-state index >= 15 is 0 Å². The van der Waals surface area contributed by atoms with Gasteiger partial charge in [0.15, 0.2) is 0 Å². The maximum absolute atomic E-state index is 9.00. The summed E-state index contributed by atoms with van der Waals surface area (Å²) in [5, 5.41) is 28.5. The van der Waals surface area contributed by atoms with Crippen LogP contribution in [0.4, 0.5) is 0 Å². The molecule has 0 radical (unpaired) electrons. The van der Waals surface area contributed by atoms with E-state index in [1.807, 2.05) is 6.07 Å². The minimum atomic E-state index is -0.833. The predicted molar refractivity (Wildman–Crippen MR) is 97.4 cm³/mol. The number of aliphatic carboxylic acids is 1. The van der Waals surface area contributed by atoms with E-state index in [9.17, 15) is 0 Å². The molecule has 4 N–H and O–H groups in total. The molecule has 5 heteroatoms. The number of fused-ring (bicyclic) bond motifs is 3. The Morgan fingerprint density at radius 2 is 1.75 bits per heavy atom. The second-order valence-corrected chi connectivity index (χ2v) is 6.52. The standard InChI is InChI=1S/C17H19N3.C2H4O2/c1-4-17(2,3)13-7-5-6-11-10(13)8-9-12-14(11)16(19)20-15(12)18;1-2(3)4/h5-9H,4H2,1-3H3,(H3,18,19,20);1H3,(H,3,4). The number of carboxylic acids is 1. The van der Waals surface area contributed by atoms with Gasteiger partial charge >= 0.3 is 0 Å². The molecule has 0 unspecified atom stereocenters. The molecule has 0 spiro atoms. The Hall–Kier alpha value is -2.69. The summed E-state index contributed by atoms with van der Waals surface area (Å²) in [6, 6.07) is 10.3. The molecule has 0 atom stereocenters. The smallest absolute Gasteiger partial charge is 0.300 e. The number of benzene rings is 2. The maximum Gasteiger partial charge on any atom is 0.300 e. The van der Waals surface area contributed by atoms with E-state index < -0.39 is 5.97 Å². The molecule has 5 nitrogen and oxygen atoms in total. The largest absolute Gasteiger partial charge is 0.481 e. The molecule has 1 heterocycles. The van der Waals surface area contributed by atoms with Crippen molar-refractivity contribution in [1.29, 1.82) is 10.8 Å². The molecular weight excluding hydrogens is 302 g/mol. The Morgan fingerprint density at radius 1 is 1.12 bits per heavy atom. The lowest BCUT2D eigenvalue weighted by atomic mass is 9.79. The molecule has 126 valence electrons. The first kappa shape index (κ1) is 17.7. The molecule has 0 fully saturated rings. The Kier molecular flexibility index (Phi) is 4.73. The summed E-state index contributed by atoms with van der Waals surface area (Å²) in [5.74, 6) is -0.172. The Balaban J connectivity index is 0.000000471. The van der Waals surface area contributed by atoms with Gasteiger partial charge in [-0.15, -0.1) is 0 Å². The lowest BCUT2D eigenvalue weighted by Crippen LogP contribution is -2.20. The summed E-state index contributed by atoms with van der Waals surface area (Å²) >= 11 is 0. The minimum absolute atomic E-state index is 0.107. The van der Waals surface area contributed by atoms with Crippen molar-refractivity contribution in [1.82, 2.24) is 5.32 Å². The molecular formula is C19H23N3O2. The summed E-state index contributed by atoms with van der Waals surface area (Å²) < 4.78 is 0. The van der Waals surface area contributed by atoms with Gasteiger partial charge in [-0.05, 0) is 34.2 Å². The normalized spacial score (nSPS) is 13.2. The zero-order chi connectivity index (χ0) is 18.1. The number of rotatable bonds is 2. The van der Waals surface area contributed by atoms with Crippen molar-refractivity contribution in [3.8, 4) is 0 Å². The van der Waals surface area contributed by atoms with Gasteiger partial charge in [-0.2, -0.15) is 0 Å². The fourth-order valence-electron chi connectivity index (χ4n) is 2.87. The van der Waals surface area contributed by atoms with Gasteiger partial charge in [0.25, 0.3) is 5.97 Å². The van der Waals surface area contributed by atoms with Crippen LogP contribution in [0.15, 0.2) is 30.3 Å². The lowest BCUT2D eigenvalue weighted by molar-refractivity contribution is -0.134. The van der Waals surface area contributed by atoms with Crippen LogP contribution in [0.25, 0.3) is 10.8 Å². The van der Waals surface area contributed by atoms with E-state index in [0.717, 1.165) is 29.9 Å². The van der Waals surface area contributed by atoms with Crippen LogP contribution in [-0.2, 0) is 10.2 Å². The third kappa shape index (κ3) is 3.15. The van der Waals surface area contributed by atoms with Crippen LogP contribution in [0, 0.1) is 10.8 Å². The van der Waals surface area contributed by atoms with Gasteiger partial charge in [0.2, 0.25) is 0 Å². The van der Waals surface area contributed by atoms with Crippen LogP contribution in [0.5, 0.6) is 0 Å². The molecule has 1 aliphatic rings. The summed E-state index contributed by atoms with van der Waals surface area (Å²) in [4.78, 5) is 9.00. The van der Waals surface area contributed by atoms with Gasteiger partial charge in [0.1, 0.15) is 11.7 Å². The highest BCUT2D eigenvalue weighted by Crippen LogP contribution is 2.35. The summed E-state index contributed by atoms with van der Waals surface area (Å²) in [6.07, 6.45) is 1.06. The average Bonchev–Trinajstić information content (AvgIpc) is 2.81. The Bertz CT molecular complexity index is 834. The van der Waals surface area contributed by atoms with Crippen molar-refractivity contribution < 1.29 is 9.90 Å². The molecule has 0 bridgehead atoms. The van der Waals surface area contributed by atoms with E-state index in [0.29, 0.717) is 11.7 Å². The second-order valence-electron chi connectivity index (χ2n) is 6.52. The van der Waals surface area contributed by atoms with Crippen molar-refractivity contribution in [3.05, 3.63) is 47.0 Å². The molecule has 3 rings (SSSR count). The Morgan fingerprint density at radius 3 is 2.33 bits per heavy atom. The minimum Gasteiger partial charge on any atom is -0.481 e.